The molecule has 2 heterocycles. The van der Waals surface area contributed by atoms with E-state index in [0.717, 1.165) is 25.2 Å². The molecule has 2 atom stereocenters. The lowest BCUT2D eigenvalue weighted by Gasteiger charge is -2.33. The Labute approximate surface area is 132 Å². The second kappa shape index (κ2) is 5.95. The number of alkyl halides is 3. The molecule has 1 N–H and O–H groups in total. The van der Waals surface area contributed by atoms with Crippen molar-refractivity contribution in [3.05, 3.63) is 24.3 Å². The van der Waals surface area contributed by atoms with Crippen LogP contribution in [0.15, 0.2) is 29.2 Å². The zero-order chi connectivity index (χ0) is 16.7. The van der Waals surface area contributed by atoms with Crippen molar-refractivity contribution in [3.8, 4) is 5.75 Å². The fourth-order valence-corrected chi connectivity index (χ4v) is 4.86. The minimum atomic E-state index is -4.94. The molecule has 1 aromatic carbocycles. The molecule has 2 saturated heterocycles. The molecule has 0 saturated carbocycles. The predicted molar refractivity (Wildman–Crippen MR) is 76.4 cm³/mol. The Hall–Kier alpha value is -1.32. The van der Waals surface area contributed by atoms with E-state index in [2.05, 4.69) is 10.1 Å². The van der Waals surface area contributed by atoms with Gasteiger partial charge in [0.2, 0.25) is 10.0 Å². The van der Waals surface area contributed by atoms with Crippen LogP contribution in [0.25, 0.3) is 0 Å². The van der Waals surface area contributed by atoms with E-state index in [0.29, 0.717) is 25.4 Å². The summed E-state index contributed by atoms with van der Waals surface area (Å²) in [5.74, 6) is -0.0518. The van der Waals surface area contributed by atoms with Crippen LogP contribution >= 0.6 is 0 Å². The molecule has 0 radical (unpaired) electrons. The van der Waals surface area contributed by atoms with Gasteiger partial charge < -0.3 is 10.1 Å². The van der Waals surface area contributed by atoms with E-state index in [1.807, 2.05) is 0 Å². The topological polar surface area (TPSA) is 58.6 Å². The van der Waals surface area contributed by atoms with Gasteiger partial charge in [0, 0.05) is 13.1 Å². The van der Waals surface area contributed by atoms with Crippen molar-refractivity contribution in [1.29, 1.82) is 0 Å². The standard InChI is InChI=1S/C14H17F3N2O3S/c15-14(16,17)22-12-3-1-2-4-13(12)23(20,21)19-6-5-10-7-18-8-11(10)9-19/h1-4,10-11,18H,5-9H2. The number of rotatable bonds is 3. The third kappa shape index (κ3) is 3.46. The Morgan fingerprint density at radius 3 is 2.61 bits per heavy atom. The summed E-state index contributed by atoms with van der Waals surface area (Å²) in [5, 5.41) is 3.22. The van der Waals surface area contributed by atoms with Crippen molar-refractivity contribution in [2.75, 3.05) is 26.2 Å². The SMILES string of the molecule is O=S(=O)(c1ccccc1OC(F)(F)F)N1CCC2CNCC2C1. The summed E-state index contributed by atoms with van der Waals surface area (Å²) in [7, 11) is -4.02. The first-order valence-corrected chi connectivity index (χ1v) is 8.77. The molecule has 2 aliphatic heterocycles. The van der Waals surface area contributed by atoms with Crippen molar-refractivity contribution in [3.63, 3.8) is 0 Å². The first-order chi connectivity index (χ1) is 10.8. The lowest BCUT2D eigenvalue weighted by molar-refractivity contribution is -0.275. The maximum Gasteiger partial charge on any atom is 0.573 e. The smallest absolute Gasteiger partial charge is 0.404 e. The lowest BCUT2D eigenvalue weighted by atomic mass is 9.90. The molecule has 0 spiro atoms. The molecule has 0 amide bonds. The number of nitrogens with one attached hydrogen (secondary N) is 1. The van der Waals surface area contributed by atoms with E-state index in [4.69, 9.17) is 0 Å². The van der Waals surface area contributed by atoms with Gasteiger partial charge in [0.1, 0.15) is 10.6 Å². The van der Waals surface area contributed by atoms with E-state index in [9.17, 15) is 21.6 Å². The summed E-state index contributed by atoms with van der Waals surface area (Å²) in [6, 6.07) is 4.87. The van der Waals surface area contributed by atoms with Crippen LogP contribution in [-0.4, -0.2) is 45.3 Å². The predicted octanol–water partition coefficient (Wildman–Crippen LogP) is 1.82. The van der Waals surface area contributed by atoms with E-state index < -0.39 is 27.0 Å². The molecule has 128 valence electrons. The quantitative estimate of drug-likeness (QED) is 0.903. The molecule has 9 heteroatoms. The summed E-state index contributed by atoms with van der Waals surface area (Å²) in [6.45, 7) is 2.23. The molecule has 0 bridgehead atoms. The number of hydrogen-bond donors (Lipinski definition) is 1. The van der Waals surface area contributed by atoms with Crippen LogP contribution in [-0.2, 0) is 10.0 Å². The van der Waals surface area contributed by atoms with Gasteiger partial charge in [-0.15, -0.1) is 13.2 Å². The zero-order valence-electron chi connectivity index (χ0n) is 12.2. The summed E-state index contributed by atoms with van der Waals surface area (Å²) >= 11 is 0. The summed E-state index contributed by atoms with van der Waals surface area (Å²) in [4.78, 5) is -0.443. The van der Waals surface area contributed by atoms with Gasteiger partial charge in [0.25, 0.3) is 0 Å². The molecular formula is C14H17F3N2O3S. The number of halogens is 3. The maximum absolute atomic E-state index is 12.7. The first-order valence-electron chi connectivity index (χ1n) is 7.33. The van der Waals surface area contributed by atoms with Gasteiger partial charge in [-0.1, -0.05) is 12.1 Å². The normalized spacial score (nSPS) is 26.0. The highest BCUT2D eigenvalue weighted by atomic mass is 32.2. The Kier molecular flexibility index (Phi) is 4.28. The zero-order valence-corrected chi connectivity index (χ0v) is 13.0. The molecule has 2 fully saturated rings. The summed E-state index contributed by atoms with van der Waals surface area (Å²) in [5.41, 5.74) is 0. The number of piperidine rings is 1. The highest BCUT2D eigenvalue weighted by molar-refractivity contribution is 7.89. The third-order valence-electron chi connectivity index (χ3n) is 4.36. The molecular weight excluding hydrogens is 333 g/mol. The van der Waals surface area contributed by atoms with Gasteiger partial charge in [0.15, 0.2) is 0 Å². The van der Waals surface area contributed by atoms with Crippen LogP contribution in [0.4, 0.5) is 13.2 Å². The minimum absolute atomic E-state index is 0.203. The van der Waals surface area contributed by atoms with E-state index in [1.165, 1.54) is 16.4 Å². The van der Waals surface area contributed by atoms with Crippen molar-refractivity contribution in [2.24, 2.45) is 11.8 Å². The number of nitrogens with zero attached hydrogens (tertiary/aromatic N) is 1. The average molecular weight is 350 g/mol. The number of fused-ring (bicyclic) bond motifs is 1. The lowest BCUT2D eigenvalue weighted by Crippen LogP contribution is -2.43. The Bertz CT molecular complexity index is 678. The highest BCUT2D eigenvalue weighted by Crippen LogP contribution is 2.34. The van der Waals surface area contributed by atoms with Crippen molar-refractivity contribution in [1.82, 2.24) is 9.62 Å². The molecule has 0 aliphatic carbocycles. The van der Waals surface area contributed by atoms with E-state index in [1.54, 1.807) is 0 Å². The van der Waals surface area contributed by atoms with Crippen LogP contribution in [0.2, 0.25) is 0 Å². The number of sulfonamides is 1. The second-order valence-corrected chi connectivity index (χ2v) is 7.73. The van der Waals surface area contributed by atoms with Gasteiger partial charge >= 0.3 is 6.36 Å². The van der Waals surface area contributed by atoms with Gasteiger partial charge in [0.05, 0.1) is 0 Å². The average Bonchev–Trinajstić information content (AvgIpc) is 2.93. The van der Waals surface area contributed by atoms with Crippen molar-refractivity contribution in [2.45, 2.75) is 17.7 Å². The van der Waals surface area contributed by atoms with Crippen molar-refractivity contribution >= 4 is 10.0 Å². The van der Waals surface area contributed by atoms with Gasteiger partial charge in [-0.25, -0.2) is 8.42 Å². The highest BCUT2D eigenvalue weighted by Gasteiger charge is 2.40. The molecule has 2 unspecified atom stereocenters. The molecule has 23 heavy (non-hydrogen) atoms. The number of para-hydroxylation sites is 1. The second-order valence-electron chi connectivity index (χ2n) is 5.82. The largest absolute Gasteiger partial charge is 0.573 e. The fourth-order valence-electron chi connectivity index (χ4n) is 3.23. The molecule has 2 aliphatic rings. The summed E-state index contributed by atoms with van der Waals surface area (Å²) < 4.78 is 68.1. The van der Waals surface area contributed by atoms with Crippen LogP contribution in [0.5, 0.6) is 5.75 Å². The maximum atomic E-state index is 12.7. The van der Waals surface area contributed by atoms with Gasteiger partial charge in [-0.3, -0.25) is 0 Å². The number of hydrogen-bond acceptors (Lipinski definition) is 4. The molecule has 3 rings (SSSR count). The van der Waals surface area contributed by atoms with Crippen LogP contribution < -0.4 is 10.1 Å². The number of ether oxygens (including phenoxy) is 1. The van der Waals surface area contributed by atoms with Crippen molar-refractivity contribution < 1.29 is 26.3 Å². The first kappa shape index (κ1) is 16.5. The van der Waals surface area contributed by atoms with Crippen LogP contribution in [0.3, 0.4) is 0 Å². The Morgan fingerprint density at radius 1 is 1.17 bits per heavy atom. The van der Waals surface area contributed by atoms with Gasteiger partial charge in [-0.05, 0) is 43.5 Å². The third-order valence-corrected chi connectivity index (χ3v) is 6.26. The van der Waals surface area contributed by atoms with Crippen LogP contribution in [0.1, 0.15) is 6.42 Å². The monoisotopic (exact) mass is 350 g/mol. The number of benzene rings is 1. The van der Waals surface area contributed by atoms with E-state index in [-0.39, 0.29) is 5.92 Å². The van der Waals surface area contributed by atoms with E-state index >= 15 is 0 Å². The molecule has 1 aromatic rings. The fraction of sp³-hybridized carbons (Fsp3) is 0.571. The van der Waals surface area contributed by atoms with Gasteiger partial charge in [-0.2, -0.15) is 4.31 Å². The Morgan fingerprint density at radius 2 is 1.87 bits per heavy atom. The Balaban J connectivity index is 1.88. The molecule has 5 nitrogen and oxygen atoms in total. The molecule has 0 aromatic heterocycles. The summed E-state index contributed by atoms with van der Waals surface area (Å²) in [6.07, 6.45) is -4.23. The van der Waals surface area contributed by atoms with Crippen LogP contribution in [0, 0.1) is 11.8 Å². The minimum Gasteiger partial charge on any atom is -0.404 e.